The monoisotopic (exact) mass is 409 g/mol. The molecule has 0 bridgehead atoms. The Bertz CT molecular complexity index is 1050. The van der Waals surface area contributed by atoms with Crippen molar-refractivity contribution in [3.8, 4) is 5.75 Å². The summed E-state index contributed by atoms with van der Waals surface area (Å²) in [6.07, 6.45) is 4.94. The Balaban J connectivity index is 1.89. The van der Waals surface area contributed by atoms with Crippen LogP contribution in [0, 0.1) is 5.82 Å². The van der Waals surface area contributed by atoms with Gasteiger partial charge in [-0.2, -0.15) is 5.10 Å². The minimum absolute atomic E-state index is 0.201. The van der Waals surface area contributed by atoms with Gasteiger partial charge in [0.05, 0.1) is 6.61 Å². The van der Waals surface area contributed by atoms with Gasteiger partial charge in [-0.05, 0) is 36.8 Å². The summed E-state index contributed by atoms with van der Waals surface area (Å²) in [6.45, 7) is 2.28. The van der Waals surface area contributed by atoms with Gasteiger partial charge >= 0.3 is 0 Å². The number of nitrogens with zero attached hydrogens (tertiary/aromatic N) is 2. The summed E-state index contributed by atoms with van der Waals surface area (Å²) in [6, 6.07) is 13.4. The highest BCUT2D eigenvalue weighted by atomic mass is 19.1. The van der Waals surface area contributed by atoms with Gasteiger partial charge in [-0.15, -0.1) is 0 Å². The fourth-order valence-electron chi connectivity index (χ4n) is 2.88. The fourth-order valence-corrected chi connectivity index (χ4v) is 2.88. The third-order valence-electron chi connectivity index (χ3n) is 4.25. The van der Waals surface area contributed by atoms with Gasteiger partial charge in [0.2, 0.25) is 0 Å². The van der Waals surface area contributed by atoms with Crippen molar-refractivity contribution in [2.45, 2.75) is 13.0 Å². The molecule has 0 aliphatic rings. The summed E-state index contributed by atoms with van der Waals surface area (Å²) in [5, 5.41) is 6.92. The Labute approximate surface area is 174 Å². The Morgan fingerprint density at radius 1 is 1.23 bits per heavy atom. The summed E-state index contributed by atoms with van der Waals surface area (Å²) in [5.74, 6) is 0.327. The molecule has 1 heterocycles. The first-order valence-electron chi connectivity index (χ1n) is 9.49. The van der Waals surface area contributed by atoms with E-state index in [0.717, 1.165) is 0 Å². The van der Waals surface area contributed by atoms with Gasteiger partial charge in [-0.25, -0.2) is 4.39 Å². The average molecular weight is 409 g/mol. The Hall–Kier alpha value is -3.45. The second-order valence-corrected chi connectivity index (χ2v) is 6.86. The van der Waals surface area contributed by atoms with Crippen molar-refractivity contribution in [1.29, 1.82) is 0 Å². The first-order valence-corrected chi connectivity index (χ1v) is 9.49. The number of hydrogen-bond acceptors (Lipinski definition) is 4. The number of aryl methyl sites for hydroxylation is 1. The largest absolute Gasteiger partial charge is 0.488 e. The van der Waals surface area contributed by atoms with Crippen molar-refractivity contribution in [3.05, 3.63) is 77.2 Å². The van der Waals surface area contributed by atoms with Crippen LogP contribution in [0.3, 0.4) is 0 Å². The minimum atomic E-state index is -0.320. The molecule has 0 saturated carbocycles. The number of carbonyl (C=O) groups is 1. The number of amides is 1. The summed E-state index contributed by atoms with van der Waals surface area (Å²) < 4.78 is 26.5. The molecule has 0 spiro atoms. The molecule has 0 aliphatic carbocycles. The van der Waals surface area contributed by atoms with E-state index in [1.54, 1.807) is 79.7 Å². The molecule has 156 valence electrons. The van der Waals surface area contributed by atoms with E-state index in [-0.39, 0.29) is 17.8 Å². The molecule has 2 aromatic carbocycles. The average Bonchev–Trinajstić information content (AvgIpc) is 3.12. The molecule has 0 saturated heterocycles. The molecule has 3 rings (SSSR count). The van der Waals surface area contributed by atoms with Gasteiger partial charge in [0.25, 0.3) is 5.91 Å². The summed E-state index contributed by atoms with van der Waals surface area (Å²) >= 11 is 0. The Morgan fingerprint density at radius 3 is 2.73 bits per heavy atom. The van der Waals surface area contributed by atoms with Crippen molar-refractivity contribution >= 4 is 23.9 Å². The SMILES string of the molecule is COC[C@H](C)Oc1cc(C=Cc2ccccc2F)cc(C(=O)Nc2ccn(C)n2)c1. The first kappa shape index (κ1) is 21.3. The van der Waals surface area contributed by atoms with Crippen molar-refractivity contribution in [1.82, 2.24) is 9.78 Å². The lowest BCUT2D eigenvalue weighted by Crippen LogP contribution is -2.19. The zero-order valence-electron chi connectivity index (χ0n) is 17.1. The highest BCUT2D eigenvalue weighted by Gasteiger charge is 2.12. The molecule has 0 aliphatic heterocycles. The number of anilines is 1. The van der Waals surface area contributed by atoms with E-state index < -0.39 is 0 Å². The van der Waals surface area contributed by atoms with Gasteiger partial charge in [0.15, 0.2) is 5.82 Å². The van der Waals surface area contributed by atoms with E-state index >= 15 is 0 Å². The Kier molecular flexibility index (Phi) is 6.98. The van der Waals surface area contributed by atoms with Crippen molar-refractivity contribution in [3.63, 3.8) is 0 Å². The highest BCUT2D eigenvalue weighted by molar-refractivity contribution is 6.04. The van der Waals surface area contributed by atoms with Gasteiger partial charge in [-0.1, -0.05) is 30.4 Å². The number of methoxy groups -OCH3 is 1. The molecule has 1 amide bonds. The number of ether oxygens (including phenoxy) is 2. The zero-order valence-corrected chi connectivity index (χ0v) is 17.1. The quantitative estimate of drug-likeness (QED) is 0.560. The van der Waals surface area contributed by atoms with Gasteiger partial charge < -0.3 is 14.8 Å². The van der Waals surface area contributed by atoms with Crippen LogP contribution < -0.4 is 10.1 Å². The topological polar surface area (TPSA) is 65.4 Å². The number of rotatable bonds is 8. The fraction of sp³-hybridized carbons (Fsp3) is 0.217. The molecular formula is C23H24FN3O3. The summed E-state index contributed by atoms with van der Waals surface area (Å²) in [5.41, 5.74) is 1.55. The van der Waals surface area contributed by atoms with E-state index in [2.05, 4.69) is 10.4 Å². The minimum Gasteiger partial charge on any atom is -0.488 e. The van der Waals surface area contributed by atoms with E-state index in [0.29, 0.717) is 34.9 Å². The zero-order chi connectivity index (χ0) is 21.5. The molecular weight excluding hydrogens is 385 g/mol. The molecule has 30 heavy (non-hydrogen) atoms. The van der Waals surface area contributed by atoms with E-state index in [4.69, 9.17) is 9.47 Å². The van der Waals surface area contributed by atoms with Crippen LogP contribution >= 0.6 is 0 Å². The second-order valence-electron chi connectivity index (χ2n) is 6.86. The number of halogens is 1. The van der Waals surface area contributed by atoms with Gasteiger partial charge in [-0.3, -0.25) is 9.48 Å². The van der Waals surface area contributed by atoms with E-state index in [9.17, 15) is 9.18 Å². The third-order valence-corrected chi connectivity index (χ3v) is 4.25. The predicted octanol–water partition coefficient (Wildman–Crippen LogP) is 4.40. The number of nitrogens with one attached hydrogen (secondary N) is 1. The molecule has 3 aromatic rings. The van der Waals surface area contributed by atoms with E-state index in [1.165, 1.54) is 6.07 Å². The van der Waals surface area contributed by atoms with Crippen LogP contribution in [0.25, 0.3) is 12.2 Å². The standard InChI is InChI=1S/C23H24FN3O3/c1-16(15-29-3)30-20-13-17(8-9-18-6-4-5-7-21(18)24)12-19(14-20)23(28)25-22-10-11-27(2)26-22/h4-14,16H,15H2,1-3H3,(H,25,26,28)/t16-/m0/s1. The first-order chi connectivity index (χ1) is 14.4. The molecule has 1 N–H and O–H groups in total. The summed E-state index contributed by atoms with van der Waals surface area (Å²) in [7, 11) is 3.37. The maximum absolute atomic E-state index is 13.9. The molecule has 1 atom stereocenters. The van der Waals surface area contributed by atoms with E-state index in [1.807, 2.05) is 6.92 Å². The Morgan fingerprint density at radius 2 is 2.03 bits per heavy atom. The third kappa shape index (κ3) is 5.78. The molecule has 0 fully saturated rings. The maximum atomic E-state index is 13.9. The summed E-state index contributed by atoms with van der Waals surface area (Å²) in [4.78, 5) is 12.7. The van der Waals surface area contributed by atoms with Crippen LogP contribution in [0.1, 0.15) is 28.4 Å². The van der Waals surface area contributed by atoms with Crippen LogP contribution in [0.4, 0.5) is 10.2 Å². The highest BCUT2D eigenvalue weighted by Crippen LogP contribution is 2.22. The second kappa shape index (κ2) is 9.84. The van der Waals surface area contributed by atoms with Crippen LogP contribution in [0.15, 0.2) is 54.7 Å². The maximum Gasteiger partial charge on any atom is 0.257 e. The number of carbonyl (C=O) groups excluding carboxylic acids is 1. The normalized spacial score (nSPS) is 12.1. The van der Waals surface area contributed by atoms with Crippen molar-refractivity contribution in [2.75, 3.05) is 19.0 Å². The number of aromatic nitrogens is 2. The van der Waals surface area contributed by atoms with Crippen LogP contribution in [0.5, 0.6) is 5.75 Å². The lowest BCUT2D eigenvalue weighted by Gasteiger charge is -2.15. The molecule has 0 radical (unpaired) electrons. The predicted molar refractivity (Wildman–Crippen MR) is 115 cm³/mol. The van der Waals surface area contributed by atoms with Crippen molar-refractivity contribution in [2.24, 2.45) is 7.05 Å². The van der Waals surface area contributed by atoms with Crippen LogP contribution in [-0.2, 0) is 11.8 Å². The smallest absolute Gasteiger partial charge is 0.257 e. The van der Waals surface area contributed by atoms with Crippen LogP contribution in [0.2, 0.25) is 0 Å². The van der Waals surface area contributed by atoms with Gasteiger partial charge in [0.1, 0.15) is 17.7 Å². The molecule has 1 aromatic heterocycles. The molecule has 7 heteroatoms. The lowest BCUT2D eigenvalue weighted by molar-refractivity contribution is 0.0917. The number of hydrogen-bond donors (Lipinski definition) is 1. The molecule has 6 nitrogen and oxygen atoms in total. The van der Waals surface area contributed by atoms with Gasteiger partial charge in [0, 0.05) is 37.5 Å². The molecule has 0 unspecified atom stereocenters. The van der Waals surface area contributed by atoms with Crippen LogP contribution in [-0.4, -0.2) is 35.5 Å². The van der Waals surface area contributed by atoms with Crippen molar-refractivity contribution < 1.29 is 18.7 Å². The lowest BCUT2D eigenvalue weighted by atomic mass is 10.1. The number of benzene rings is 2.